The molecule has 246 valence electrons. The summed E-state index contributed by atoms with van der Waals surface area (Å²) in [5.74, 6) is -1.66. The Morgan fingerprint density at radius 2 is 1.52 bits per heavy atom. The molecule has 0 radical (unpaired) electrons. The Morgan fingerprint density at radius 1 is 0.891 bits per heavy atom. The van der Waals surface area contributed by atoms with Crippen LogP contribution in [0.25, 0.3) is 5.70 Å². The molecule has 5 N–H and O–H groups in total. The minimum absolute atomic E-state index is 0.116. The molecule has 0 saturated carbocycles. The molecule has 10 nitrogen and oxygen atoms in total. The fourth-order valence-electron chi connectivity index (χ4n) is 4.41. The van der Waals surface area contributed by atoms with Crippen LogP contribution in [0.3, 0.4) is 0 Å². The number of ether oxygens (including phenoxy) is 3. The zero-order chi connectivity index (χ0) is 33.1. The van der Waals surface area contributed by atoms with E-state index in [9.17, 15) is 14.0 Å². The van der Waals surface area contributed by atoms with Crippen LogP contribution in [-0.4, -0.2) is 70.0 Å². The molecule has 3 aromatic carbocycles. The summed E-state index contributed by atoms with van der Waals surface area (Å²) in [5, 5.41) is 15.0. The van der Waals surface area contributed by atoms with Gasteiger partial charge in [0.15, 0.2) is 0 Å². The summed E-state index contributed by atoms with van der Waals surface area (Å²) in [7, 11) is 0. The molecule has 12 heteroatoms. The molecule has 0 fully saturated rings. The molecule has 0 aliphatic heterocycles. The van der Waals surface area contributed by atoms with Crippen LogP contribution in [0.1, 0.15) is 29.5 Å². The van der Waals surface area contributed by atoms with E-state index in [2.05, 4.69) is 22.3 Å². The molecule has 0 atom stereocenters. The first-order chi connectivity index (χ1) is 22.3. The Kier molecular flexibility index (Phi) is 15.7. The van der Waals surface area contributed by atoms with Crippen molar-refractivity contribution in [3.63, 3.8) is 0 Å². The van der Waals surface area contributed by atoms with Gasteiger partial charge in [-0.05, 0) is 79.4 Å². The number of hydrogen-bond acceptors (Lipinski definition) is 8. The van der Waals surface area contributed by atoms with Gasteiger partial charge in [0, 0.05) is 22.9 Å². The molecular weight excluding hydrogens is 615 g/mol. The number of amides is 1. The largest absolute Gasteiger partial charge is 0.480 e. The first kappa shape index (κ1) is 36.2. The standard InChI is InChI=1S/C34H40ClFN4O6/c1-38-31-21-27(35)11-15-30(31)39-23-40-34(43)29(14-8-25-6-12-28(36)13-7-25)33(37)26-9-4-24(5-10-26)3-2-16-44-17-18-45-19-20-46-22-32(41)42/h4-7,9-13,15,21,39H,1-3,8,14,16-20,22-23,37H2,(H,40,43)(H,41,42)/b33-29-. The maximum Gasteiger partial charge on any atom is 0.329 e. The van der Waals surface area contributed by atoms with E-state index in [4.69, 9.17) is 36.7 Å². The zero-order valence-electron chi connectivity index (χ0n) is 25.6. The van der Waals surface area contributed by atoms with Crippen molar-refractivity contribution in [3.8, 4) is 0 Å². The van der Waals surface area contributed by atoms with Gasteiger partial charge in [-0.1, -0.05) is 48.0 Å². The Labute approximate surface area is 273 Å². The molecule has 46 heavy (non-hydrogen) atoms. The number of halogens is 2. The fourth-order valence-corrected chi connectivity index (χ4v) is 4.57. The molecule has 1 amide bonds. The number of carboxylic acid groups (broad SMARTS) is 1. The van der Waals surface area contributed by atoms with Gasteiger partial charge in [-0.3, -0.25) is 9.79 Å². The lowest BCUT2D eigenvalue weighted by molar-refractivity contribution is -0.142. The lowest BCUT2D eigenvalue weighted by atomic mass is 9.98. The number of rotatable bonds is 21. The van der Waals surface area contributed by atoms with Crippen molar-refractivity contribution >= 4 is 47.3 Å². The number of nitrogens with zero attached hydrogens (tertiary/aromatic N) is 1. The van der Waals surface area contributed by atoms with Crippen LogP contribution in [0.5, 0.6) is 0 Å². The summed E-state index contributed by atoms with van der Waals surface area (Å²) in [6, 6.07) is 19.1. The van der Waals surface area contributed by atoms with E-state index in [1.807, 2.05) is 24.3 Å². The van der Waals surface area contributed by atoms with Gasteiger partial charge in [-0.15, -0.1) is 0 Å². The van der Waals surface area contributed by atoms with Gasteiger partial charge >= 0.3 is 5.97 Å². The first-order valence-electron chi connectivity index (χ1n) is 14.8. The number of carboxylic acids is 1. The van der Waals surface area contributed by atoms with Crippen LogP contribution in [0.4, 0.5) is 15.8 Å². The van der Waals surface area contributed by atoms with Crippen LogP contribution in [0.15, 0.2) is 77.3 Å². The second-order valence-corrected chi connectivity index (χ2v) is 10.6. The molecule has 0 unspecified atom stereocenters. The molecule has 0 spiro atoms. The van der Waals surface area contributed by atoms with E-state index in [1.165, 1.54) is 12.1 Å². The van der Waals surface area contributed by atoms with Gasteiger partial charge in [0.1, 0.15) is 12.4 Å². The van der Waals surface area contributed by atoms with Crippen molar-refractivity contribution in [2.45, 2.75) is 25.7 Å². The molecule has 0 heterocycles. The Balaban J connectivity index is 1.54. The number of aliphatic imine (C=N–C) groups is 1. The van der Waals surface area contributed by atoms with Crippen LogP contribution < -0.4 is 16.4 Å². The molecule has 0 aliphatic rings. The molecule has 0 saturated heterocycles. The summed E-state index contributed by atoms with van der Waals surface area (Å²) in [5.41, 5.74) is 11.3. The monoisotopic (exact) mass is 654 g/mol. The van der Waals surface area contributed by atoms with Gasteiger partial charge in [-0.25, -0.2) is 9.18 Å². The number of nitrogens with two attached hydrogens (primary N) is 1. The van der Waals surface area contributed by atoms with E-state index in [-0.39, 0.29) is 31.6 Å². The topological polar surface area (TPSA) is 144 Å². The fraction of sp³-hybridized carbons (Fsp3) is 0.324. The second kappa shape index (κ2) is 20.0. The normalized spacial score (nSPS) is 11.5. The molecule has 0 bridgehead atoms. The Bertz CT molecular complexity index is 1450. The van der Waals surface area contributed by atoms with Crippen LogP contribution in [0, 0.1) is 5.82 Å². The molecular formula is C34H40ClFN4O6. The summed E-state index contributed by atoms with van der Waals surface area (Å²) in [6.45, 7) is 5.27. The molecule has 3 rings (SSSR count). The highest BCUT2D eigenvalue weighted by atomic mass is 35.5. The minimum Gasteiger partial charge on any atom is -0.480 e. The maximum atomic E-state index is 13.4. The minimum atomic E-state index is -1.01. The highest BCUT2D eigenvalue weighted by Gasteiger charge is 2.16. The Morgan fingerprint density at radius 3 is 2.20 bits per heavy atom. The highest BCUT2D eigenvalue weighted by Crippen LogP contribution is 2.27. The van der Waals surface area contributed by atoms with Gasteiger partial charge in [0.05, 0.1) is 44.5 Å². The number of carbonyl (C=O) groups is 2. The third kappa shape index (κ3) is 13.0. The van der Waals surface area contributed by atoms with E-state index in [0.717, 1.165) is 29.5 Å². The number of aryl methyl sites for hydroxylation is 2. The van der Waals surface area contributed by atoms with Crippen molar-refractivity contribution in [1.29, 1.82) is 0 Å². The predicted octanol–water partition coefficient (Wildman–Crippen LogP) is 5.37. The second-order valence-electron chi connectivity index (χ2n) is 10.2. The average molecular weight is 655 g/mol. The number of anilines is 1. The van der Waals surface area contributed by atoms with Crippen LogP contribution in [-0.2, 0) is 36.6 Å². The number of carbonyl (C=O) groups excluding carboxylic acids is 1. The van der Waals surface area contributed by atoms with Crippen molar-refractivity contribution < 1.29 is 33.3 Å². The number of aliphatic carboxylic acids is 1. The van der Waals surface area contributed by atoms with E-state index in [0.29, 0.717) is 66.9 Å². The van der Waals surface area contributed by atoms with Crippen molar-refractivity contribution in [3.05, 3.63) is 99.8 Å². The third-order valence-corrected chi connectivity index (χ3v) is 7.06. The number of hydrogen-bond donors (Lipinski definition) is 4. The summed E-state index contributed by atoms with van der Waals surface area (Å²) in [6.07, 6.45) is 2.45. The van der Waals surface area contributed by atoms with E-state index < -0.39 is 5.97 Å². The first-order valence-corrected chi connectivity index (χ1v) is 15.2. The number of nitrogens with one attached hydrogen (secondary N) is 2. The van der Waals surface area contributed by atoms with Crippen LogP contribution >= 0.6 is 11.6 Å². The van der Waals surface area contributed by atoms with Gasteiger partial charge < -0.3 is 35.7 Å². The van der Waals surface area contributed by atoms with Crippen molar-refractivity contribution in [1.82, 2.24) is 5.32 Å². The zero-order valence-corrected chi connectivity index (χ0v) is 26.4. The summed E-state index contributed by atoms with van der Waals surface area (Å²) < 4.78 is 29.2. The maximum absolute atomic E-state index is 13.4. The SMILES string of the molecule is C=Nc1cc(Cl)ccc1NCNC(=O)/C(CCc1ccc(F)cc1)=C(\N)c1ccc(CCCOCCOCCOCC(=O)O)cc1. The van der Waals surface area contributed by atoms with Gasteiger partial charge in [0.2, 0.25) is 0 Å². The van der Waals surface area contributed by atoms with Crippen molar-refractivity contribution in [2.24, 2.45) is 10.7 Å². The molecule has 0 aliphatic carbocycles. The Hall–Kier alpha value is -4.29. The molecule has 3 aromatic rings. The summed E-state index contributed by atoms with van der Waals surface area (Å²) in [4.78, 5) is 27.7. The smallest absolute Gasteiger partial charge is 0.329 e. The van der Waals surface area contributed by atoms with Crippen molar-refractivity contribution in [2.75, 3.05) is 51.6 Å². The average Bonchev–Trinajstić information content (AvgIpc) is 3.05. The lowest BCUT2D eigenvalue weighted by Crippen LogP contribution is -2.31. The number of benzene rings is 3. The van der Waals surface area contributed by atoms with E-state index >= 15 is 0 Å². The summed E-state index contributed by atoms with van der Waals surface area (Å²) >= 11 is 6.04. The highest BCUT2D eigenvalue weighted by molar-refractivity contribution is 6.31. The lowest BCUT2D eigenvalue weighted by Gasteiger charge is -2.15. The molecule has 0 aromatic heterocycles. The van der Waals surface area contributed by atoms with E-state index in [1.54, 1.807) is 30.3 Å². The van der Waals surface area contributed by atoms with Gasteiger partial charge in [0.25, 0.3) is 5.91 Å². The third-order valence-electron chi connectivity index (χ3n) is 6.82. The van der Waals surface area contributed by atoms with Gasteiger partial charge in [-0.2, -0.15) is 0 Å². The predicted molar refractivity (Wildman–Crippen MR) is 178 cm³/mol. The van der Waals surface area contributed by atoms with Crippen LogP contribution in [0.2, 0.25) is 5.02 Å². The quantitative estimate of drug-likeness (QED) is 0.0520.